The molecule has 0 aliphatic heterocycles. The predicted octanol–water partition coefficient (Wildman–Crippen LogP) is 2.65. The van der Waals surface area contributed by atoms with E-state index in [1.54, 1.807) is 13.0 Å². The van der Waals surface area contributed by atoms with Gasteiger partial charge in [-0.2, -0.15) is 0 Å². The number of anilines is 1. The Kier molecular flexibility index (Phi) is 3.37. The highest BCUT2D eigenvalue weighted by Crippen LogP contribution is 2.10. The summed E-state index contributed by atoms with van der Waals surface area (Å²) in [4.78, 5) is 20.3. The SMILES string of the molecule is Cc1ccc(NC(=O)c2cc(C)nc(C)n2)cc1. The molecular formula is C14H15N3O. The zero-order valence-electron chi connectivity index (χ0n) is 10.7. The van der Waals surface area contributed by atoms with Gasteiger partial charge in [0.1, 0.15) is 11.5 Å². The predicted molar refractivity (Wildman–Crippen MR) is 70.6 cm³/mol. The molecule has 0 aliphatic carbocycles. The Balaban J connectivity index is 2.19. The smallest absolute Gasteiger partial charge is 0.274 e. The molecule has 1 aromatic heterocycles. The first-order valence-electron chi connectivity index (χ1n) is 5.75. The van der Waals surface area contributed by atoms with Gasteiger partial charge in [-0.15, -0.1) is 0 Å². The molecule has 18 heavy (non-hydrogen) atoms. The molecule has 2 rings (SSSR count). The van der Waals surface area contributed by atoms with E-state index in [1.165, 1.54) is 0 Å². The number of amides is 1. The maximum atomic E-state index is 12.0. The van der Waals surface area contributed by atoms with Crippen LogP contribution in [-0.2, 0) is 0 Å². The molecular weight excluding hydrogens is 226 g/mol. The van der Waals surface area contributed by atoms with Gasteiger partial charge in [0.05, 0.1) is 0 Å². The van der Waals surface area contributed by atoms with Crippen molar-refractivity contribution in [3.63, 3.8) is 0 Å². The van der Waals surface area contributed by atoms with E-state index in [0.717, 1.165) is 16.9 Å². The lowest BCUT2D eigenvalue weighted by molar-refractivity contribution is 0.102. The van der Waals surface area contributed by atoms with Crippen molar-refractivity contribution in [1.82, 2.24) is 9.97 Å². The summed E-state index contributed by atoms with van der Waals surface area (Å²) in [7, 11) is 0. The first kappa shape index (κ1) is 12.2. The van der Waals surface area contributed by atoms with Crippen molar-refractivity contribution in [3.05, 3.63) is 53.1 Å². The lowest BCUT2D eigenvalue weighted by Crippen LogP contribution is -2.15. The van der Waals surface area contributed by atoms with Crippen molar-refractivity contribution in [3.8, 4) is 0 Å². The molecule has 1 aromatic carbocycles. The van der Waals surface area contributed by atoms with Crippen LogP contribution in [0.2, 0.25) is 0 Å². The second kappa shape index (κ2) is 4.96. The molecule has 0 spiro atoms. The van der Waals surface area contributed by atoms with E-state index < -0.39 is 0 Å². The standard InChI is InChI=1S/C14H15N3O/c1-9-4-6-12(7-5-9)17-14(18)13-8-10(2)15-11(3)16-13/h4-8H,1-3H3,(H,17,18). The Morgan fingerprint density at radius 2 is 1.72 bits per heavy atom. The largest absolute Gasteiger partial charge is 0.321 e. The average Bonchev–Trinajstić information content (AvgIpc) is 2.31. The van der Waals surface area contributed by atoms with Crippen molar-refractivity contribution in [2.75, 3.05) is 5.32 Å². The van der Waals surface area contributed by atoms with Crippen LogP contribution in [0.15, 0.2) is 30.3 Å². The number of benzene rings is 1. The van der Waals surface area contributed by atoms with Gasteiger partial charge in [0.15, 0.2) is 0 Å². The van der Waals surface area contributed by atoms with Crippen LogP contribution in [0, 0.1) is 20.8 Å². The molecule has 0 aliphatic rings. The van der Waals surface area contributed by atoms with Gasteiger partial charge in [0.2, 0.25) is 0 Å². The van der Waals surface area contributed by atoms with Crippen LogP contribution < -0.4 is 5.32 Å². The van der Waals surface area contributed by atoms with Gasteiger partial charge in [-0.1, -0.05) is 17.7 Å². The Morgan fingerprint density at radius 1 is 1.06 bits per heavy atom. The van der Waals surface area contributed by atoms with E-state index in [-0.39, 0.29) is 5.91 Å². The highest BCUT2D eigenvalue weighted by atomic mass is 16.1. The first-order valence-corrected chi connectivity index (χ1v) is 5.75. The van der Waals surface area contributed by atoms with Crippen molar-refractivity contribution in [1.29, 1.82) is 0 Å². The molecule has 0 fully saturated rings. The quantitative estimate of drug-likeness (QED) is 0.879. The van der Waals surface area contributed by atoms with Crippen LogP contribution in [0.3, 0.4) is 0 Å². The highest BCUT2D eigenvalue weighted by Gasteiger charge is 2.09. The van der Waals surface area contributed by atoms with E-state index in [0.29, 0.717) is 11.5 Å². The fraction of sp³-hybridized carbons (Fsp3) is 0.214. The molecule has 1 amide bonds. The summed E-state index contributed by atoms with van der Waals surface area (Å²) in [6.07, 6.45) is 0. The van der Waals surface area contributed by atoms with Gasteiger partial charge in [-0.05, 0) is 39.0 Å². The molecule has 1 N–H and O–H groups in total. The number of aryl methyl sites for hydroxylation is 3. The topological polar surface area (TPSA) is 54.9 Å². The summed E-state index contributed by atoms with van der Waals surface area (Å²) in [6.45, 7) is 5.62. The minimum Gasteiger partial charge on any atom is -0.321 e. The Bertz CT molecular complexity index is 556. The number of aromatic nitrogens is 2. The highest BCUT2D eigenvalue weighted by molar-refractivity contribution is 6.02. The molecule has 0 bridgehead atoms. The molecule has 0 saturated carbocycles. The van der Waals surface area contributed by atoms with Crippen LogP contribution in [-0.4, -0.2) is 15.9 Å². The number of carbonyl (C=O) groups is 1. The number of nitrogens with one attached hydrogen (secondary N) is 1. The van der Waals surface area contributed by atoms with Crippen LogP contribution in [0.5, 0.6) is 0 Å². The zero-order chi connectivity index (χ0) is 13.1. The maximum absolute atomic E-state index is 12.0. The fourth-order valence-corrected chi connectivity index (χ4v) is 1.67. The van der Waals surface area contributed by atoms with Crippen LogP contribution >= 0.6 is 0 Å². The van der Waals surface area contributed by atoms with Crippen molar-refractivity contribution >= 4 is 11.6 Å². The third-order valence-corrected chi connectivity index (χ3v) is 2.51. The molecule has 92 valence electrons. The monoisotopic (exact) mass is 241 g/mol. The maximum Gasteiger partial charge on any atom is 0.274 e. The molecule has 4 heteroatoms. The van der Waals surface area contributed by atoms with Gasteiger partial charge < -0.3 is 5.32 Å². The lowest BCUT2D eigenvalue weighted by Gasteiger charge is -2.06. The summed E-state index contributed by atoms with van der Waals surface area (Å²) in [6, 6.07) is 9.32. The number of hydrogen-bond acceptors (Lipinski definition) is 3. The molecule has 0 radical (unpaired) electrons. The Morgan fingerprint density at radius 3 is 2.33 bits per heavy atom. The fourth-order valence-electron chi connectivity index (χ4n) is 1.67. The van der Waals surface area contributed by atoms with E-state index in [2.05, 4.69) is 15.3 Å². The summed E-state index contributed by atoms with van der Waals surface area (Å²) in [5.41, 5.74) is 3.10. The van der Waals surface area contributed by atoms with Crippen molar-refractivity contribution in [2.45, 2.75) is 20.8 Å². The first-order chi connectivity index (χ1) is 8.54. The van der Waals surface area contributed by atoms with Gasteiger partial charge in [0, 0.05) is 11.4 Å². The molecule has 0 unspecified atom stereocenters. The number of rotatable bonds is 2. The van der Waals surface area contributed by atoms with E-state index in [4.69, 9.17) is 0 Å². The molecule has 0 atom stereocenters. The second-order valence-electron chi connectivity index (χ2n) is 4.26. The van der Waals surface area contributed by atoms with Crippen molar-refractivity contribution in [2.24, 2.45) is 0 Å². The Labute approximate surface area is 106 Å². The van der Waals surface area contributed by atoms with E-state index in [9.17, 15) is 4.79 Å². The minimum atomic E-state index is -0.215. The van der Waals surface area contributed by atoms with E-state index in [1.807, 2.05) is 38.1 Å². The van der Waals surface area contributed by atoms with Crippen LogP contribution in [0.25, 0.3) is 0 Å². The average molecular weight is 241 g/mol. The van der Waals surface area contributed by atoms with Gasteiger partial charge >= 0.3 is 0 Å². The van der Waals surface area contributed by atoms with Crippen LogP contribution in [0.1, 0.15) is 27.6 Å². The Hall–Kier alpha value is -2.23. The lowest BCUT2D eigenvalue weighted by atomic mass is 10.2. The molecule has 2 aromatic rings. The zero-order valence-corrected chi connectivity index (χ0v) is 10.7. The third kappa shape index (κ3) is 2.91. The molecule has 4 nitrogen and oxygen atoms in total. The summed E-state index contributed by atoms with van der Waals surface area (Å²) < 4.78 is 0. The molecule has 1 heterocycles. The number of carbonyl (C=O) groups excluding carboxylic acids is 1. The summed E-state index contributed by atoms with van der Waals surface area (Å²) >= 11 is 0. The van der Waals surface area contributed by atoms with Gasteiger partial charge in [-0.25, -0.2) is 9.97 Å². The number of nitrogens with zero attached hydrogens (tertiary/aromatic N) is 2. The molecule has 0 saturated heterocycles. The van der Waals surface area contributed by atoms with Crippen LogP contribution in [0.4, 0.5) is 5.69 Å². The van der Waals surface area contributed by atoms with Gasteiger partial charge in [-0.3, -0.25) is 4.79 Å². The van der Waals surface area contributed by atoms with E-state index >= 15 is 0 Å². The van der Waals surface area contributed by atoms with Crippen molar-refractivity contribution < 1.29 is 4.79 Å². The third-order valence-electron chi connectivity index (χ3n) is 2.51. The summed E-state index contributed by atoms with van der Waals surface area (Å²) in [5, 5.41) is 2.81. The second-order valence-corrected chi connectivity index (χ2v) is 4.26. The minimum absolute atomic E-state index is 0.215. The number of hydrogen-bond donors (Lipinski definition) is 1. The van der Waals surface area contributed by atoms with Gasteiger partial charge in [0.25, 0.3) is 5.91 Å². The summed E-state index contributed by atoms with van der Waals surface area (Å²) in [5.74, 6) is 0.386. The normalized spacial score (nSPS) is 10.2.